The van der Waals surface area contributed by atoms with Crippen molar-refractivity contribution in [1.82, 2.24) is 4.98 Å². The number of rotatable bonds is 2. The van der Waals surface area contributed by atoms with Gasteiger partial charge in [0, 0.05) is 18.2 Å². The quantitative estimate of drug-likeness (QED) is 0.735. The SMILES string of the molecule is NC1(C(=O)Nc2nccs2)CCOC1. The molecule has 1 fully saturated rings. The molecule has 6 heteroatoms. The molecule has 1 aromatic rings. The van der Waals surface area contributed by atoms with E-state index in [0.717, 1.165) is 0 Å². The molecule has 1 aromatic heterocycles. The average molecular weight is 213 g/mol. The van der Waals surface area contributed by atoms with Gasteiger partial charge in [0.2, 0.25) is 5.91 Å². The van der Waals surface area contributed by atoms with Gasteiger partial charge >= 0.3 is 0 Å². The van der Waals surface area contributed by atoms with E-state index >= 15 is 0 Å². The summed E-state index contributed by atoms with van der Waals surface area (Å²) in [6.45, 7) is 0.825. The summed E-state index contributed by atoms with van der Waals surface area (Å²) >= 11 is 1.37. The van der Waals surface area contributed by atoms with Crippen molar-refractivity contribution in [3.05, 3.63) is 11.6 Å². The number of aromatic nitrogens is 1. The van der Waals surface area contributed by atoms with Crippen LogP contribution in [0.15, 0.2) is 11.6 Å². The topological polar surface area (TPSA) is 77.2 Å². The first-order chi connectivity index (χ1) is 6.71. The zero-order chi connectivity index (χ0) is 10.0. The fraction of sp³-hybridized carbons (Fsp3) is 0.500. The number of hydrogen-bond donors (Lipinski definition) is 2. The maximum absolute atomic E-state index is 11.7. The molecule has 1 unspecified atom stereocenters. The van der Waals surface area contributed by atoms with Crippen molar-refractivity contribution >= 4 is 22.4 Å². The first kappa shape index (κ1) is 9.57. The van der Waals surface area contributed by atoms with E-state index in [2.05, 4.69) is 10.3 Å². The number of anilines is 1. The predicted molar refractivity (Wildman–Crippen MR) is 53.1 cm³/mol. The second-order valence-corrected chi connectivity index (χ2v) is 4.14. The molecule has 1 atom stereocenters. The molecule has 1 saturated heterocycles. The van der Waals surface area contributed by atoms with Crippen molar-refractivity contribution in [2.45, 2.75) is 12.0 Å². The molecule has 14 heavy (non-hydrogen) atoms. The fourth-order valence-corrected chi connectivity index (χ4v) is 1.79. The number of amides is 1. The summed E-state index contributed by atoms with van der Waals surface area (Å²) < 4.78 is 5.10. The van der Waals surface area contributed by atoms with Gasteiger partial charge in [-0.3, -0.25) is 4.79 Å². The molecule has 5 nitrogen and oxygen atoms in total. The largest absolute Gasteiger partial charge is 0.379 e. The van der Waals surface area contributed by atoms with Crippen LogP contribution in [0.4, 0.5) is 5.13 Å². The second kappa shape index (κ2) is 3.64. The summed E-state index contributed by atoms with van der Waals surface area (Å²) in [5.74, 6) is -0.218. The molecule has 0 spiro atoms. The maximum atomic E-state index is 11.7. The summed E-state index contributed by atoms with van der Waals surface area (Å²) in [7, 11) is 0. The van der Waals surface area contributed by atoms with E-state index in [4.69, 9.17) is 10.5 Å². The lowest BCUT2D eigenvalue weighted by Gasteiger charge is -2.19. The van der Waals surface area contributed by atoms with E-state index in [-0.39, 0.29) is 12.5 Å². The smallest absolute Gasteiger partial charge is 0.248 e. The second-order valence-electron chi connectivity index (χ2n) is 3.25. The Balaban J connectivity index is 2.02. The molecule has 0 aromatic carbocycles. The van der Waals surface area contributed by atoms with Gasteiger partial charge in [0.1, 0.15) is 5.54 Å². The highest BCUT2D eigenvalue weighted by Crippen LogP contribution is 2.19. The Bertz CT molecular complexity index is 319. The molecule has 0 bridgehead atoms. The number of thiazole rings is 1. The van der Waals surface area contributed by atoms with Crippen molar-refractivity contribution in [2.24, 2.45) is 5.73 Å². The molecule has 1 amide bonds. The summed E-state index contributed by atoms with van der Waals surface area (Å²) in [4.78, 5) is 15.6. The van der Waals surface area contributed by atoms with Crippen LogP contribution in [0.5, 0.6) is 0 Å². The number of nitrogens with two attached hydrogens (primary N) is 1. The number of nitrogens with zero attached hydrogens (tertiary/aromatic N) is 1. The third-order valence-electron chi connectivity index (χ3n) is 2.16. The van der Waals surface area contributed by atoms with E-state index in [9.17, 15) is 4.79 Å². The van der Waals surface area contributed by atoms with Crippen LogP contribution in [-0.4, -0.2) is 29.6 Å². The van der Waals surface area contributed by atoms with Crippen LogP contribution in [0, 0.1) is 0 Å². The van der Waals surface area contributed by atoms with Gasteiger partial charge in [-0.1, -0.05) is 0 Å². The van der Waals surface area contributed by atoms with Gasteiger partial charge in [-0.15, -0.1) is 11.3 Å². The standard InChI is InChI=1S/C8H11N3O2S/c9-8(1-3-13-5-8)6(12)11-7-10-2-4-14-7/h2,4H,1,3,5,9H2,(H,10,11,12). The van der Waals surface area contributed by atoms with Crippen molar-refractivity contribution in [3.8, 4) is 0 Å². The van der Waals surface area contributed by atoms with Crippen molar-refractivity contribution in [2.75, 3.05) is 18.5 Å². The molecule has 76 valence electrons. The third-order valence-corrected chi connectivity index (χ3v) is 2.85. The zero-order valence-electron chi connectivity index (χ0n) is 7.53. The van der Waals surface area contributed by atoms with Crippen LogP contribution in [0.2, 0.25) is 0 Å². The number of nitrogens with one attached hydrogen (secondary N) is 1. The lowest BCUT2D eigenvalue weighted by molar-refractivity contribution is -0.121. The minimum absolute atomic E-state index is 0.218. The number of carbonyl (C=O) groups excluding carboxylic acids is 1. The van der Waals surface area contributed by atoms with E-state index in [1.807, 2.05) is 0 Å². The lowest BCUT2D eigenvalue weighted by Crippen LogP contribution is -2.51. The Kier molecular flexibility index (Phi) is 2.49. The molecule has 1 aliphatic heterocycles. The van der Waals surface area contributed by atoms with Crippen molar-refractivity contribution < 1.29 is 9.53 Å². The van der Waals surface area contributed by atoms with Gasteiger partial charge in [0.15, 0.2) is 5.13 Å². The Morgan fingerprint density at radius 3 is 3.21 bits per heavy atom. The highest BCUT2D eigenvalue weighted by atomic mass is 32.1. The highest BCUT2D eigenvalue weighted by molar-refractivity contribution is 7.13. The summed E-state index contributed by atoms with van der Waals surface area (Å²) in [6.07, 6.45) is 2.19. The number of carbonyl (C=O) groups is 1. The fourth-order valence-electron chi connectivity index (χ4n) is 1.27. The Labute approximate surface area is 85.3 Å². The van der Waals surface area contributed by atoms with Crippen LogP contribution in [0.3, 0.4) is 0 Å². The van der Waals surface area contributed by atoms with E-state index in [1.54, 1.807) is 11.6 Å². The van der Waals surface area contributed by atoms with Crippen LogP contribution >= 0.6 is 11.3 Å². The Morgan fingerprint density at radius 1 is 1.79 bits per heavy atom. The molecular formula is C8H11N3O2S. The Morgan fingerprint density at radius 2 is 2.64 bits per heavy atom. The van der Waals surface area contributed by atoms with Gasteiger partial charge in [0.05, 0.1) is 6.61 Å². The van der Waals surface area contributed by atoms with Gasteiger partial charge < -0.3 is 15.8 Å². The first-order valence-corrected chi connectivity index (χ1v) is 5.16. The molecule has 2 heterocycles. The van der Waals surface area contributed by atoms with Gasteiger partial charge in [-0.25, -0.2) is 4.98 Å². The lowest BCUT2D eigenvalue weighted by atomic mass is 10.00. The zero-order valence-corrected chi connectivity index (χ0v) is 8.34. The van der Waals surface area contributed by atoms with Gasteiger partial charge in [0.25, 0.3) is 0 Å². The van der Waals surface area contributed by atoms with Crippen LogP contribution in [0.25, 0.3) is 0 Å². The summed E-state index contributed by atoms with van der Waals surface area (Å²) in [6, 6.07) is 0. The van der Waals surface area contributed by atoms with Crippen LogP contribution < -0.4 is 11.1 Å². The number of hydrogen-bond acceptors (Lipinski definition) is 5. The molecule has 3 N–H and O–H groups in total. The molecule has 1 aliphatic rings. The molecular weight excluding hydrogens is 202 g/mol. The van der Waals surface area contributed by atoms with Crippen molar-refractivity contribution in [1.29, 1.82) is 0 Å². The van der Waals surface area contributed by atoms with E-state index in [0.29, 0.717) is 18.2 Å². The monoisotopic (exact) mass is 213 g/mol. The molecule has 0 aliphatic carbocycles. The van der Waals surface area contributed by atoms with Gasteiger partial charge in [-0.2, -0.15) is 0 Å². The maximum Gasteiger partial charge on any atom is 0.248 e. The van der Waals surface area contributed by atoms with E-state index < -0.39 is 5.54 Å². The highest BCUT2D eigenvalue weighted by Gasteiger charge is 2.38. The Hall–Kier alpha value is -0.980. The third kappa shape index (κ3) is 1.77. The minimum Gasteiger partial charge on any atom is -0.379 e. The first-order valence-electron chi connectivity index (χ1n) is 4.28. The normalized spacial score (nSPS) is 26.4. The van der Waals surface area contributed by atoms with Crippen LogP contribution in [-0.2, 0) is 9.53 Å². The van der Waals surface area contributed by atoms with Crippen molar-refractivity contribution in [3.63, 3.8) is 0 Å². The number of ether oxygens (including phenoxy) is 1. The van der Waals surface area contributed by atoms with E-state index in [1.165, 1.54) is 11.3 Å². The molecule has 2 rings (SSSR count). The molecule has 0 radical (unpaired) electrons. The van der Waals surface area contributed by atoms with Crippen LogP contribution in [0.1, 0.15) is 6.42 Å². The predicted octanol–water partition coefficient (Wildman–Crippen LogP) is 0.199. The summed E-state index contributed by atoms with van der Waals surface area (Å²) in [5, 5.41) is 5.04. The van der Waals surface area contributed by atoms with Gasteiger partial charge in [-0.05, 0) is 6.42 Å². The summed E-state index contributed by atoms with van der Waals surface area (Å²) in [5.41, 5.74) is 4.98. The average Bonchev–Trinajstić information content (AvgIpc) is 2.76. The minimum atomic E-state index is -0.883. The molecule has 0 saturated carbocycles.